The van der Waals surface area contributed by atoms with E-state index in [0.29, 0.717) is 10.9 Å². The van der Waals surface area contributed by atoms with E-state index in [9.17, 15) is 14.3 Å². The summed E-state index contributed by atoms with van der Waals surface area (Å²) in [6.45, 7) is 1.76. The topological polar surface area (TPSA) is 50.2 Å². The molecule has 19 heavy (non-hydrogen) atoms. The molecule has 0 aliphatic heterocycles. The van der Waals surface area contributed by atoms with Crippen LogP contribution in [0.15, 0.2) is 12.1 Å². The Bertz CT molecular complexity index is 694. The standard InChI is InChI=1S/C15H14FNO2/c1-8-6-10-13(15(18)19)9-4-2-3-5-12(9)17-14(10)11(16)7-8/h6-7H,2-5H2,1H3,(H,18,19). The summed E-state index contributed by atoms with van der Waals surface area (Å²) in [5.41, 5.74) is 2.67. The van der Waals surface area contributed by atoms with Gasteiger partial charge in [-0.2, -0.15) is 0 Å². The van der Waals surface area contributed by atoms with Crippen LogP contribution in [0.4, 0.5) is 4.39 Å². The molecule has 0 saturated heterocycles. The lowest BCUT2D eigenvalue weighted by Gasteiger charge is -2.19. The molecule has 3 nitrogen and oxygen atoms in total. The minimum absolute atomic E-state index is 0.184. The largest absolute Gasteiger partial charge is 0.478 e. The van der Waals surface area contributed by atoms with E-state index in [-0.39, 0.29) is 11.1 Å². The van der Waals surface area contributed by atoms with E-state index in [2.05, 4.69) is 4.98 Å². The highest BCUT2D eigenvalue weighted by Gasteiger charge is 2.23. The van der Waals surface area contributed by atoms with Crippen LogP contribution in [0.2, 0.25) is 0 Å². The number of aryl methyl sites for hydroxylation is 2. The van der Waals surface area contributed by atoms with E-state index in [1.54, 1.807) is 13.0 Å². The lowest BCUT2D eigenvalue weighted by atomic mass is 9.89. The minimum atomic E-state index is -0.990. The van der Waals surface area contributed by atoms with Crippen molar-refractivity contribution < 1.29 is 14.3 Å². The molecule has 0 radical (unpaired) electrons. The van der Waals surface area contributed by atoms with Crippen molar-refractivity contribution >= 4 is 16.9 Å². The Morgan fingerprint density at radius 2 is 2.05 bits per heavy atom. The Morgan fingerprint density at radius 3 is 2.79 bits per heavy atom. The molecule has 1 N–H and O–H groups in total. The molecule has 98 valence electrons. The molecule has 0 atom stereocenters. The van der Waals surface area contributed by atoms with E-state index >= 15 is 0 Å². The van der Waals surface area contributed by atoms with Gasteiger partial charge >= 0.3 is 5.97 Å². The normalized spacial score (nSPS) is 14.4. The van der Waals surface area contributed by atoms with Crippen LogP contribution < -0.4 is 0 Å². The highest BCUT2D eigenvalue weighted by Crippen LogP contribution is 2.31. The zero-order valence-corrected chi connectivity index (χ0v) is 10.7. The maximum Gasteiger partial charge on any atom is 0.336 e. The summed E-state index contributed by atoms with van der Waals surface area (Å²) in [7, 11) is 0. The summed E-state index contributed by atoms with van der Waals surface area (Å²) in [6, 6.07) is 3.11. The second kappa shape index (κ2) is 4.30. The molecule has 4 heteroatoms. The summed E-state index contributed by atoms with van der Waals surface area (Å²) in [5, 5.41) is 9.89. The monoisotopic (exact) mass is 259 g/mol. The third-order valence-electron chi connectivity index (χ3n) is 3.68. The first-order valence-corrected chi connectivity index (χ1v) is 6.43. The molecule has 0 spiro atoms. The smallest absolute Gasteiger partial charge is 0.336 e. The minimum Gasteiger partial charge on any atom is -0.478 e. The van der Waals surface area contributed by atoms with Gasteiger partial charge in [0.05, 0.1) is 5.56 Å². The summed E-state index contributed by atoms with van der Waals surface area (Å²) in [4.78, 5) is 15.9. The molecule has 1 aromatic carbocycles. The lowest BCUT2D eigenvalue weighted by Crippen LogP contribution is -2.14. The fraction of sp³-hybridized carbons (Fsp3) is 0.333. The van der Waals surface area contributed by atoms with Crippen molar-refractivity contribution in [2.24, 2.45) is 0 Å². The molecule has 0 unspecified atom stereocenters. The van der Waals surface area contributed by atoms with Crippen molar-refractivity contribution in [3.8, 4) is 0 Å². The summed E-state index contributed by atoms with van der Waals surface area (Å²) < 4.78 is 14.0. The number of carboxylic acids is 1. The van der Waals surface area contributed by atoms with Crippen LogP contribution in [0.5, 0.6) is 0 Å². The van der Waals surface area contributed by atoms with Gasteiger partial charge in [0.15, 0.2) is 0 Å². The Labute approximate surface area is 110 Å². The van der Waals surface area contributed by atoms with Crippen molar-refractivity contribution in [3.63, 3.8) is 0 Å². The maximum absolute atomic E-state index is 14.0. The molecule has 0 amide bonds. The molecule has 0 fully saturated rings. The van der Waals surface area contributed by atoms with Gasteiger partial charge in [-0.25, -0.2) is 14.2 Å². The van der Waals surface area contributed by atoms with E-state index in [4.69, 9.17) is 0 Å². The van der Waals surface area contributed by atoms with Crippen molar-refractivity contribution in [2.45, 2.75) is 32.6 Å². The number of fused-ring (bicyclic) bond motifs is 2. The number of hydrogen-bond acceptors (Lipinski definition) is 2. The van der Waals surface area contributed by atoms with Crippen molar-refractivity contribution in [3.05, 3.63) is 40.3 Å². The van der Waals surface area contributed by atoms with E-state index in [1.807, 2.05) is 0 Å². The number of hydrogen-bond donors (Lipinski definition) is 1. The van der Waals surface area contributed by atoms with Crippen LogP contribution in [0.1, 0.15) is 40.0 Å². The molecular weight excluding hydrogens is 245 g/mol. The Balaban J connectivity index is 2.46. The summed E-state index contributed by atoms with van der Waals surface area (Å²) in [5.74, 6) is -1.43. The third-order valence-corrected chi connectivity index (χ3v) is 3.68. The first kappa shape index (κ1) is 12.1. The van der Waals surface area contributed by atoms with Gasteiger partial charge in [0, 0.05) is 11.1 Å². The second-order valence-electron chi connectivity index (χ2n) is 5.07. The van der Waals surface area contributed by atoms with E-state index in [1.165, 1.54) is 6.07 Å². The van der Waals surface area contributed by atoms with Gasteiger partial charge in [-0.15, -0.1) is 0 Å². The summed E-state index contributed by atoms with van der Waals surface area (Å²) in [6.07, 6.45) is 3.40. The number of aromatic carboxylic acids is 1. The summed E-state index contributed by atoms with van der Waals surface area (Å²) >= 11 is 0. The zero-order chi connectivity index (χ0) is 13.6. The molecular formula is C15H14FNO2. The second-order valence-corrected chi connectivity index (χ2v) is 5.07. The highest BCUT2D eigenvalue weighted by molar-refractivity contribution is 6.04. The number of nitrogens with zero attached hydrogens (tertiary/aromatic N) is 1. The predicted molar refractivity (Wildman–Crippen MR) is 70.0 cm³/mol. The Kier molecular flexibility index (Phi) is 2.73. The molecule has 3 rings (SSSR count). The number of rotatable bonds is 1. The maximum atomic E-state index is 14.0. The number of pyridine rings is 1. The van der Waals surface area contributed by atoms with Gasteiger partial charge in [-0.3, -0.25) is 0 Å². The third kappa shape index (κ3) is 1.87. The van der Waals surface area contributed by atoms with Gasteiger partial charge in [-0.1, -0.05) is 0 Å². The van der Waals surface area contributed by atoms with Crippen LogP contribution in [0.3, 0.4) is 0 Å². The van der Waals surface area contributed by atoms with Gasteiger partial charge < -0.3 is 5.11 Å². The van der Waals surface area contributed by atoms with Crippen molar-refractivity contribution in [2.75, 3.05) is 0 Å². The number of carbonyl (C=O) groups is 1. The Morgan fingerprint density at radius 1 is 1.32 bits per heavy atom. The average molecular weight is 259 g/mol. The highest BCUT2D eigenvalue weighted by atomic mass is 19.1. The Hall–Kier alpha value is -1.97. The number of aromatic nitrogens is 1. The van der Waals surface area contributed by atoms with E-state index < -0.39 is 11.8 Å². The molecule has 0 saturated carbocycles. The van der Waals surface area contributed by atoms with Gasteiger partial charge in [0.1, 0.15) is 11.3 Å². The van der Waals surface area contributed by atoms with Crippen LogP contribution in [-0.2, 0) is 12.8 Å². The number of benzene rings is 1. The zero-order valence-electron chi connectivity index (χ0n) is 10.7. The molecule has 1 aromatic heterocycles. The van der Waals surface area contributed by atoms with Crippen molar-refractivity contribution in [1.82, 2.24) is 4.98 Å². The first-order valence-electron chi connectivity index (χ1n) is 6.43. The molecule has 0 bridgehead atoms. The van der Waals surface area contributed by atoms with Gasteiger partial charge in [-0.05, 0) is 55.9 Å². The van der Waals surface area contributed by atoms with Gasteiger partial charge in [0.2, 0.25) is 0 Å². The fourth-order valence-electron chi connectivity index (χ4n) is 2.86. The van der Waals surface area contributed by atoms with Gasteiger partial charge in [0.25, 0.3) is 0 Å². The SMILES string of the molecule is Cc1cc(F)c2nc3c(c(C(=O)O)c2c1)CCCC3. The van der Waals surface area contributed by atoms with E-state index in [0.717, 1.165) is 36.9 Å². The van der Waals surface area contributed by atoms with Crippen LogP contribution in [0, 0.1) is 12.7 Å². The number of carboxylic acid groups (broad SMARTS) is 1. The lowest BCUT2D eigenvalue weighted by molar-refractivity contribution is 0.0697. The predicted octanol–water partition coefficient (Wildman–Crippen LogP) is 3.26. The molecule has 1 heterocycles. The molecule has 1 aliphatic carbocycles. The van der Waals surface area contributed by atoms with Crippen LogP contribution >= 0.6 is 0 Å². The molecule has 1 aliphatic rings. The molecule has 2 aromatic rings. The van der Waals surface area contributed by atoms with Crippen molar-refractivity contribution in [1.29, 1.82) is 0 Å². The van der Waals surface area contributed by atoms with Crippen LogP contribution in [0.25, 0.3) is 10.9 Å². The number of halogens is 1. The fourth-order valence-corrected chi connectivity index (χ4v) is 2.86. The average Bonchev–Trinajstić information content (AvgIpc) is 2.36. The van der Waals surface area contributed by atoms with Crippen LogP contribution in [-0.4, -0.2) is 16.1 Å². The first-order chi connectivity index (χ1) is 9.08. The quantitative estimate of drug-likeness (QED) is 0.855.